The lowest BCUT2D eigenvalue weighted by Crippen LogP contribution is -2.48. The number of hydrogen-bond acceptors (Lipinski definition) is 4. The van der Waals surface area contributed by atoms with Crippen LogP contribution in [0.2, 0.25) is 10.2 Å². The zero-order chi connectivity index (χ0) is 15.2. The van der Waals surface area contributed by atoms with Crippen molar-refractivity contribution in [1.29, 1.82) is 0 Å². The van der Waals surface area contributed by atoms with Crippen LogP contribution in [0.15, 0.2) is 17.2 Å². The van der Waals surface area contributed by atoms with Crippen molar-refractivity contribution in [1.82, 2.24) is 14.6 Å². The summed E-state index contributed by atoms with van der Waals surface area (Å²) < 4.78 is 26.9. The van der Waals surface area contributed by atoms with Crippen LogP contribution in [0.5, 0.6) is 0 Å². The molecule has 2 fully saturated rings. The first-order valence-corrected chi connectivity index (χ1v) is 8.71. The Kier molecular flexibility index (Phi) is 3.85. The lowest BCUT2D eigenvalue weighted by Gasteiger charge is -2.34. The first kappa shape index (κ1) is 15.0. The van der Waals surface area contributed by atoms with Gasteiger partial charge in [0.05, 0.1) is 17.0 Å². The highest BCUT2D eigenvalue weighted by Crippen LogP contribution is 2.33. The molecule has 2 unspecified atom stereocenters. The minimum Gasteiger partial charge on any atom is -0.354 e. The van der Waals surface area contributed by atoms with Crippen molar-refractivity contribution in [3.8, 4) is 0 Å². The van der Waals surface area contributed by atoms with E-state index in [1.165, 1.54) is 16.6 Å². The zero-order valence-electron chi connectivity index (χ0n) is 10.9. The van der Waals surface area contributed by atoms with Crippen molar-refractivity contribution in [3.05, 3.63) is 22.4 Å². The van der Waals surface area contributed by atoms with Gasteiger partial charge in [-0.25, -0.2) is 13.4 Å². The summed E-state index contributed by atoms with van der Waals surface area (Å²) in [6.07, 6.45) is 2.56. The number of aromatic nitrogens is 1. The molecule has 0 radical (unpaired) electrons. The van der Waals surface area contributed by atoms with Gasteiger partial charge < -0.3 is 5.32 Å². The molecular formula is C12H13Cl2N3O3S. The highest BCUT2D eigenvalue weighted by Gasteiger charge is 2.45. The second-order valence-electron chi connectivity index (χ2n) is 5.12. The fourth-order valence-corrected chi connectivity index (χ4v) is 4.90. The predicted octanol–water partition coefficient (Wildman–Crippen LogP) is 1.29. The Labute approximate surface area is 132 Å². The lowest BCUT2D eigenvalue weighted by molar-refractivity contribution is -0.123. The van der Waals surface area contributed by atoms with E-state index in [2.05, 4.69) is 10.3 Å². The quantitative estimate of drug-likeness (QED) is 0.815. The van der Waals surface area contributed by atoms with E-state index in [1.807, 2.05) is 0 Å². The molecule has 9 heteroatoms. The zero-order valence-corrected chi connectivity index (χ0v) is 13.2. The number of amides is 1. The summed E-state index contributed by atoms with van der Waals surface area (Å²) >= 11 is 11.6. The number of piperidine rings is 1. The maximum Gasteiger partial charge on any atom is 0.244 e. The number of rotatable bonds is 2. The molecule has 0 saturated carbocycles. The normalized spacial score (nSPS) is 26.5. The SMILES string of the molecule is O=C1NCC2C1CCCN2S(=O)(=O)c1cnc(Cl)c(Cl)c1. The fourth-order valence-electron chi connectivity index (χ4n) is 2.89. The standard InChI is InChI=1S/C12H13Cl2N3O3S/c13-9-4-7(5-15-11(9)14)21(19,20)17-3-1-2-8-10(17)6-16-12(8)18/h4-5,8,10H,1-3,6H2,(H,16,18). The van der Waals surface area contributed by atoms with E-state index in [-0.39, 0.29) is 32.9 Å². The minimum atomic E-state index is -3.74. The number of pyridine rings is 1. The number of carbonyl (C=O) groups excluding carboxylic acids is 1. The number of hydrogen-bond donors (Lipinski definition) is 1. The largest absolute Gasteiger partial charge is 0.354 e. The number of nitrogens with zero attached hydrogens (tertiary/aromatic N) is 2. The Balaban J connectivity index is 1.97. The first-order chi connectivity index (χ1) is 9.91. The summed E-state index contributed by atoms with van der Waals surface area (Å²) in [5.74, 6) is -0.351. The van der Waals surface area contributed by atoms with Crippen LogP contribution >= 0.6 is 23.2 Å². The first-order valence-electron chi connectivity index (χ1n) is 6.52. The molecule has 1 N–H and O–H groups in total. The van der Waals surface area contributed by atoms with Crippen LogP contribution < -0.4 is 5.32 Å². The van der Waals surface area contributed by atoms with Crippen molar-refractivity contribution < 1.29 is 13.2 Å². The molecule has 0 aromatic carbocycles. The molecule has 2 saturated heterocycles. The average molecular weight is 350 g/mol. The third-order valence-electron chi connectivity index (χ3n) is 3.93. The van der Waals surface area contributed by atoms with Gasteiger partial charge in [-0.3, -0.25) is 4.79 Å². The van der Waals surface area contributed by atoms with E-state index in [1.54, 1.807) is 0 Å². The van der Waals surface area contributed by atoms with Crippen molar-refractivity contribution in [2.75, 3.05) is 13.1 Å². The summed E-state index contributed by atoms with van der Waals surface area (Å²) in [5, 5.41) is 2.88. The number of fused-ring (bicyclic) bond motifs is 1. The summed E-state index contributed by atoms with van der Waals surface area (Å²) in [7, 11) is -3.74. The van der Waals surface area contributed by atoms with Crippen LogP contribution in [-0.2, 0) is 14.8 Å². The molecule has 1 aromatic rings. The fraction of sp³-hybridized carbons (Fsp3) is 0.500. The highest BCUT2D eigenvalue weighted by molar-refractivity contribution is 7.89. The monoisotopic (exact) mass is 349 g/mol. The van der Waals surface area contributed by atoms with Gasteiger partial charge in [-0.15, -0.1) is 0 Å². The van der Waals surface area contributed by atoms with E-state index in [0.29, 0.717) is 25.9 Å². The summed E-state index contributed by atoms with van der Waals surface area (Å²) in [6, 6.07) is 0.950. The summed E-state index contributed by atoms with van der Waals surface area (Å²) in [4.78, 5) is 15.5. The molecular weight excluding hydrogens is 337 g/mol. The van der Waals surface area contributed by atoms with Crippen molar-refractivity contribution >= 4 is 39.1 Å². The molecule has 1 amide bonds. The molecule has 114 valence electrons. The van der Waals surface area contributed by atoms with Gasteiger partial charge in [0.25, 0.3) is 0 Å². The number of nitrogens with one attached hydrogen (secondary N) is 1. The predicted molar refractivity (Wildman–Crippen MR) is 77.7 cm³/mol. The molecule has 1 aromatic heterocycles. The van der Waals surface area contributed by atoms with Crippen molar-refractivity contribution in [2.24, 2.45) is 5.92 Å². The third-order valence-corrected chi connectivity index (χ3v) is 6.50. The Hall–Kier alpha value is -0.890. The molecule has 2 atom stereocenters. The minimum absolute atomic E-state index is 0.00287. The molecule has 2 aliphatic rings. The molecule has 2 aliphatic heterocycles. The molecule has 0 bridgehead atoms. The number of sulfonamides is 1. The van der Waals surface area contributed by atoms with Crippen LogP contribution in [0.25, 0.3) is 0 Å². The van der Waals surface area contributed by atoms with Gasteiger partial charge in [-0.2, -0.15) is 4.31 Å². The van der Waals surface area contributed by atoms with E-state index < -0.39 is 10.0 Å². The van der Waals surface area contributed by atoms with Crippen LogP contribution in [0.4, 0.5) is 0 Å². The average Bonchev–Trinajstić information content (AvgIpc) is 2.83. The van der Waals surface area contributed by atoms with E-state index >= 15 is 0 Å². The van der Waals surface area contributed by atoms with Gasteiger partial charge in [0.2, 0.25) is 15.9 Å². The van der Waals surface area contributed by atoms with Gasteiger partial charge in [0, 0.05) is 19.3 Å². The number of halogens is 2. The Morgan fingerprint density at radius 1 is 1.38 bits per heavy atom. The van der Waals surface area contributed by atoms with Gasteiger partial charge in [0.15, 0.2) is 0 Å². The lowest BCUT2D eigenvalue weighted by atomic mass is 9.93. The van der Waals surface area contributed by atoms with Gasteiger partial charge in [0.1, 0.15) is 10.0 Å². The Morgan fingerprint density at radius 3 is 2.86 bits per heavy atom. The maximum atomic E-state index is 12.7. The molecule has 3 heterocycles. The molecule has 6 nitrogen and oxygen atoms in total. The van der Waals surface area contributed by atoms with Crippen molar-refractivity contribution in [3.63, 3.8) is 0 Å². The molecule has 0 aliphatic carbocycles. The van der Waals surface area contributed by atoms with Crippen LogP contribution in [0, 0.1) is 5.92 Å². The molecule has 3 rings (SSSR count). The Bertz CT molecular complexity index is 695. The van der Waals surface area contributed by atoms with Crippen LogP contribution in [0.3, 0.4) is 0 Å². The van der Waals surface area contributed by atoms with Crippen molar-refractivity contribution in [2.45, 2.75) is 23.8 Å². The van der Waals surface area contributed by atoms with Gasteiger partial charge >= 0.3 is 0 Å². The number of carbonyl (C=O) groups is 1. The topological polar surface area (TPSA) is 79.4 Å². The second-order valence-corrected chi connectivity index (χ2v) is 7.78. The smallest absolute Gasteiger partial charge is 0.244 e. The Morgan fingerprint density at radius 2 is 2.14 bits per heavy atom. The highest BCUT2D eigenvalue weighted by atomic mass is 35.5. The molecule has 0 spiro atoms. The van der Waals surface area contributed by atoms with E-state index in [0.717, 1.165) is 0 Å². The summed E-state index contributed by atoms with van der Waals surface area (Å²) in [5.41, 5.74) is 0. The second kappa shape index (κ2) is 5.39. The third kappa shape index (κ3) is 2.52. The van der Waals surface area contributed by atoms with E-state index in [9.17, 15) is 13.2 Å². The summed E-state index contributed by atoms with van der Waals surface area (Å²) in [6.45, 7) is 0.732. The maximum absolute atomic E-state index is 12.7. The van der Waals surface area contributed by atoms with Gasteiger partial charge in [-0.05, 0) is 18.9 Å². The van der Waals surface area contributed by atoms with Gasteiger partial charge in [-0.1, -0.05) is 23.2 Å². The van der Waals surface area contributed by atoms with Crippen LogP contribution in [0.1, 0.15) is 12.8 Å². The van der Waals surface area contributed by atoms with E-state index in [4.69, 9.17) is 23.2 Å². The molecule has 21 heavy (non-hydrogen) atoms. The van der Waals surface area contributed by atoms with Crippen LogP contribution in [-0.4, -0.2) is 42.7 Å².